The minimum Gasteiger partial charge on any atom is -0.487 e. The first-order valence-corrected chi connectivity index (χ1v) is 7.05. The van der Waals surface area contributed by atoms with Crippen molar-refractivity contribution in [3.8, 4) is 5.75 Å². The molecule has 18 heavy (non-hydrogen) atoms. The summed E-state index contributed by atoms with van der Waals surface area (Å²) in [5.74, 6) is 3.31. The van der Waals surface area contributed by atoms with Crippen LogP contribution in [0.15, 0.2) is 30.8 Å². The molecule has 4 unspecified atom stereocenters. The summed E-state index contributed by atoms with van der Waals surface area (Å²) in [5.41, 5.74) is 1.19. The molecule has 0 aliphatic heterocycles. The Morgan fingerprint density at radius 2 is 2.00 bits per heavy atom. The fourth-order valence-electron chi connectivity index (χ4n) is 3.93. The van der Waals surface area contributed by atoms with Gasteiger partial charge in [0.15, 0.2) is 0 Å². The summed E-state index contributed by atoms with van der Waals surface area (Å²) >= 11 is 0. The highest BCUT2D eigenvalue weighted by Crippen LogP contribution is 2.55. The average molecular weight is 242 g/mol. The van der Waals surface area contributed by atoms with E-state index >= 15 is 0 Å². The van der Waals surface area contributed by atoms with Crippen LogP contribution in [0.4, 0.5) is 0 Å². The molecular weight excluding hydrogens is 220 g/mol. The zero-order chi connectivity index (χ0) is 12.8. The van der Waals surface area contributed by atoms with Crippen molar-refractivity contribution in [2.45, 2.75) is 38.7 Å². The molecule has 0 heterocycles. The molecule has 4 atom stereocenters. The molecular formula is C17H22O. The molecule has 0 radical (unpaired) electrons. The smallest absolute Gasteiger partial charge is 0.120 e. The van der Waals surface area contributed by atoms with E-state index in [1.54, 1.807) is 0 Å². The lowest BCUT2D eigenvalue weighted by Crippen LogP contribution is -2.44. The van der Waals surface area contributed by atoms with E-state index in [4.69, 9.17) is 4.74 Å². The second-order valence-corrected chi connectivity index (χ2v) is 6.12. The van der Waals surface area contributed by atoms with Gasteiger partial charge in [0.1, 0.15) is 11.4 Å². The van der Waals surface area contributed by atoms with Crippen LogP contribution in [0.3, 0.4) is 0 Å². The van der Waals surface area contributed by atoms with Crippen molar-refractivity contribution < 1.29 is 4.74 Å². The maximum absolute atomic E-state index is 6.37. The zero-order valence-electron chi connectivity index (χ0n) is 11.4. The van der Waals surface area contributed by atoms with E-state index in [2.05, 4.69) is 44.7 Å². The molecule has 0 saturated heterocycles. The molecule has 0 amide bonds. The van der Waals surface area contributed by atoms with Gasteiger partial charge in [-0.05, 0) is 61.6 Å². The van der Waals surface area contributed by atoms with Gasteiger partial charge in [0, 0.05) is 0 Å². The third-order valence-electron chi connectivity index (χ3n) is 5.35. The van der Waals surface area contributed by atoms with Crippen LogP contribution in [0.1, 0.15) is 38.7 Å². The molecule has 1 heteroatoms. The number of hydrogen-bond acceptors (Lipinski definition) is 1. The first-order valence-electron chi connectivity index (χ1n) is 7.05. The topological polar surface area (TPSA) is 9.23 Å². The van der Waals surface area contributed by atoms with E-state index in [0.29, 0.717) is 5.92 Å². The fraction of sp³-hybridized carbons (Fsp3) is 0.529. The van der Waals surface area contributed by atoms with Crippen LogP contribution in [0.25, 0.3) is 6.08 Å². The maximum Gasteiger partial charge on any atom is 0.120 e. The molecule has 2 fully saturated rings. The van der Waals surface area contributed by atoms with Gasteiger partial charge in [-0.3, -0.25) is 0 Å². The van der Waals surface area contributed by atoms with Crippen molar-refractivity contribution in [2.24, 2.45) is 17.8 Å². The first-order chi connectivity index (χ1) is 8.63. The molecule has 2 bridgehead atoms. The third kappa shape index (κ3) is 1.68. The van der Waals surface area contributed by atoms with Gasteiger partial charge in [-0.1, -0.05) is 31.7 Å². The van der Waals surface area contributed by atoms with Crippen LogP contribution in [0.5, 0.6) is 5.75 Å². The number of benzene rings is 1. The van der Waals surface area contributed by atoms with Crippen LogP contribution >= 0.6 is 0 Å². The first kappa shape index (κ1) is 11.8. The van der Waals surface area contributed by atoms with Crippen LogP contribution in [-0.4, -0.2) is 5.60 Å². The van der Waals surface area contributed by atoms with Gasteiger partial charge < -0.3 is 4.74 Å². The standard InChI is InChI=1S/C17H22O/c1-4-13-5-9-16(10-6-13)18-17(3)12(2)14-7-8-15(17)11-14/h4-6,9-10,12,14-15H,1,7-8,11H2,2-3H3. The Balaban J connectivity index is 1.81. The highest BCUT2D eigenvalue weighted by molar-refractivity contribution is 5.48. The SMILES string of the molecule is C=Cc1ccc(OC2(C)C3CCC(C3)C2C)cc1. The molecule has 2 aliphatic rings. The van der Waals surface area contributed by atoms with Crippen molar-refractivity contribution in [2.75, 3.05) is 0 Å². The van der Waals surface area contributed by atoms with Crippen LogP contribution < -0.4 is 4.74 Å². The quantitative estimate of drug-likeness (QED) is 0.756. The van der Waals surface area contributed by atoms with E-state index in [9.17, 15) is 0 Å². The Morgan fingerprint density at radius 1 is 1.28 bits per heavy atom. The highest BCUT2D eigenvalue weighted by Gasteiger charge is 2.55. The van der Waals surface area contributed by atoms with Gasteiger partial charge in [0.2, 0.25) is 0 Å². The Hall–Kier alpha value is -1.24. The number of ether oxygens (including phenoxy) is 1. The average Bonchev–Trinajstić information content (AvgIpc) is 2.95. The van der Waals surface area contributed by atoms with Crippen molar-refractivity contribution in [1.82, 2.24) is 0 Å². The van der Waals surface area contributed by atoms with Crippen molar-refractivity contribution in [1.29, 1.82) is 0 Å². The van der Waals surface area contributed by atoms with Gasteiger partial charge in [0.25, 0.3) is 0 Å². The van der Waals surface area contributed by atoms with E-state index < -0.39 is 0 Å². The van der Waals surface area contributed by atoms with Crippen molar-refractivity contribution in [3.05, 3.63) is 36.4 Å². The largest absolute Gasteiger partial charge is 0.487 e. The van der Waals surface area contributed by atoms with Gasteiger partial charge in [-0.25, -0.2) is 0 Å². The summed E-state index contributed by atoms with van der Waals surface area (Å²) in [5, 5.41) is 0. The summed E-state index contributed by atoms with van der Waals surface area (Å²) in [6, 6.07) is 8.29. The molecule has 96 valence electrons. The Kier molecular flexibility index (Phi) is 2.73. The molecule has 0 N–H and O–H groups in total. The fourth-order valence-corrected chi connectivity index (χ4v) is 3.93. The normalized spacial score (nSPS) is 37.8. The van der Waals surface area contributed by atoms with Crippen LogP contribution in [-0.2, 0) is 0 Å². The molecule has 1 aromatic carbocycles. The summed E-state index contributed by atoms with van der Waals surface area (Å²) in [6.07, 6.45) is 5.98. The predicted molar refractivity (Wildman–Crippen MR) is 75.6 cm³/mol. The van der Waals surface area contributed by atoms with Gasteiger partial charge >= 0.3 is 0 Å². The van der Waals surface area contributed by atoms with E-state index in [1.807, 2.05) is 6.08 Å². The van der Waals surface area contributed by atoms with E-state index in [-0.39, 0.29) is 5.60 Å². The third-order valence-corrected chi connectivity index (χ3v) is 5.35. The van der Waals surface area contributed by atoms with Crippen molar-refractivity contribution in [3.63, 3.8) is 0 Å². The predicted octanol–water partition coefficient (Wildman–Crippen LogP) is 4.53. The second-order valence-electron chi connectivity index (χ2n) is 6.12. The summed E-state index contributed by atoms with van der Waals surface area (Å²) < 4.78 is 6.37. The molecule has 2 saturated carbocycles. The molecule has 0 spiro atoms. The molecule has 1 nitrogen and oxygen atoms in total. The summed E-state index contributed by atoms with van der Waals surface area (Å²) in [6.45, 7) is 8.45. The molecule has 1 aromatic rings. The van der Waals surface area contributed by atoms with Crippen LogP contribution in [0.2, 0.25) is 0 Å². The number of rotatable bonds is 3. The van der Waals surface area contributed by atoms with Gasteiger partial charge in [-0.2, -0.15) is 0 Å². The Labute approximate surface area is 110 Å². The van der Waals surface area contributed by atoms with Crippen LogP contribution in [0, 0.1) is 17.8 Å². The van der Waals surface area contributed by atoms with Crippen molar-refractivity contribution >= 4 is 6.08 Å². The van der Waals surface area contributed by atoms with Gasteiger partial charge in [0.05, 0.1) is 0 Å². The minimum atomic E-state index is 0.0403. The summed E-state index contributed by atoms with van der Waals surface area (Å²) in [4.78, 5) is 0. The molecule has 2 aliphatic carbocycles. The highest BCUT2D eigenvalue weighted by atomic mass is 16.5. The lowest BCUT2D eigenvalue weighted by Gasteiger charge is -2.39. The van der Waals surface area contributed by atoms with Gasteiger partial charge in [-0.15, -0.1) is 0 Å². The Morgan fingerprint density at radius 3 is 2.56 bits per heavy atom. The monoisotopic (exact) mass is 242 g/mol. The lowest BCUT2D eigenvalue weighted by atomic mass is 9.77. The maximum atomic E-state index is 6.37. The zero-order valence-corrected chi connectivity index (χ0v) is 11.4. The Bertz CT molecular complexity index is 443. The lowest BCUT2D eigenvalue weighted by molar-refractivity contribution is -0.0118. The second kappa shape index (κ2) is 4.15. The minimum absolute atomic E-state index is 0.0403. The number of hydrogen-bond donors (Lipinski definition) is 0. The molecule has 3 rings (SSSR count). The summed E-state index contributed by atoms with van der Waals surface area (Å²) in [7, 11) is 0. The molecule has 0 aromatic heterocycles. The number of fused-ring (bicyclic) bond motifs is 2. The van der Waals surface area contributed by atoms with E-state index in [0.717, 1.165) is 23.1 Å². The van der Waals surface area contributed by atoms with E-state index in [1.165, 1.54) is 19.3 Å².